The van der Waals surface area contributed by atoms with E-state index in [1.165, 1.54) is 25.1 Å². The van der Waals surface area contributed by atoms with Crippen molar-refractivity contribution in [2.45, 2.75) is 52.1 Å². The molecule has 3 heterocycles. The number of aromatic nitrogens is 2. The van der Waals surface area contributed by atoms with E-state index in [2.05, 4.69) is 11.9 Å². The molecule has 6 nitrogen and oxygen atoms in total. The van der Waals surface area contributed by atoms with Crippen LogP contribution in [-0.4, -0.2) is 46.3 Å². The molecule has 4 rings (SSSR count). The summed E-state index contributed by atoms with van der Waals surface area (Å²) in [6.07, 6.45) is 2.99. The zero-order valence-corrected chi connectivity index (χ0v) is 19.6. The van der Waals surface area contributed by atoms with Gasteiger partial charge >= 0.3 is 0 Å². The quantitative estimate of drug-likeness (QED) is 0.582. The van der Waals surface area contributed by atoms with E-state index in [0.29, 0.717) is 44.1 Å². The van der Waals surface area contributed by atoms with Crippen molar-refractivity contribution < 1.29 is 22.7 Å². The van der Waals surface area contributed by atoms with Crippen molar-refractivity contribution in [1.29, 1.82) is 0 Å². The van der Waals surface area contributed by atoms with Crippen LogP contribution in [0.2, 0.25) is 0 Å². The smallest absolute Gasteiger partial charge is 0.270 e. The van der Waals surface area contributed by atoms with Crippen LogP contribution in [0, 0.1) is 5.82 Å². The highest BCUT2D eigenvalue weighted by Crippen LogP contribution is 2.36. The van der Waals surface area contributed by atoms with Gasteiger partial charge in [0.1, 0.15) is 5.82 Å². The SMILES string of the molecule is C=C(/C(=C\C)c1ccc(Nc2nn(C3CCOC3)c3c2CN(C(C)=O)CC3)c(F)c1)C(C)(F)F. The molecule has 0 aliphatic carbocycles. The Hall–Kier alpha value is -3.07. The lowest BCUT2D eigenvalue weighted by Gasteiger charge is -2.27. The third kappa shape index (κ3) is 4.61. The average Bonchev–Trinajstić information content (AvgIpc) is 3.43. The minimum atomic E-state index is -3.12. The first-order chi connectivity index (χ1) is 16.1. The Kier molecular flexibility index (Phi) is 6.58. The van der Waals surface area contributed by atoms with Gasteiger partial charge in [-0.1, -0.05) is 18.7 Å². The van der Waals surface area contributed by atoms with Crippen molar-refractivity contribution in [1.82, 2.24) is 14.7 Å². The third-order valence-corrected chi connectivity index (χ3v) is 6.46. The van der Waals surface area contributed by atoms with Crippen molar-refractivity contribution in [2.24, 2.45) is 0 Å². The number of anilines is 2. The Balaban J connectivity index is 1.66. The van der Waals surface area contributed by atoms with Crippen LogP contribution >= 0.6 is 0 Å². The number of carbonyl (C=O) groups excluding carboxylic acids is 1. The first-order valence-electron chi connectivity index (χ1n) is 11.3. The number of nitrogens with zero attached hydrogens (tertiary/aromatic N) is 3. The molecule has 0 spiro atoms. The molecule has 182 valence electrons. The molecule has 2 aromatic rings. The van der Waals surface area contributed by atoms with E-state index in [1.807, 2.05) is 4.68 Å². The van der Waals surface area contributed by atoms with Crippen molar-refractivity contribution in [3.05, 3.63) is 59.1 Å². The van der Waals surface area contributed by atoms with Crippen LogP contribution in [0.25, 0.3) is 5.57 Å². The molecule has 2 aliphatic heterocycles. The van der Waals surface area contributed by atoms with Gasteiger partial charge in [-0.05, 0) is 36.6 Å². The minimum absolute atomic E-state index is 0.0316. The number of rotatable bonds is 6. The van der Waals surface area contributed by atoms with Gasteiger partial charge in [0.15, 0.2) is 5.82 Å². The van der Waals surface area contributed by atoms with E-state index in [1.54, 1.807) is 17.9 Å². The zero-order valence-electron chi connectivity index (χ0n) is 19.6. The van der Waals surface area contributed by atoms with Crippen LogP contribution in [0.1, 0.15) is 50.1 Å². The predicted octanol–water partition coefficient (Wildman–Crippen LogP) is 5.25. The Labute approximate surface area is 197 Å². The van der Waals surface area contributed by atoms with E-state index in [9.17, 15) is 13.6 Å². The van der Waals surface area contributed by atoms with Gasteiger partial charge in [-0.25, -0.2) is 13.2 Å². The summed E-state index contributed by atoms with van der Waals surface area (Å²) in [4.78, 5) is 13.7. The molecule has 1 N–H and O–H groups in total. The first kappa shape index (κ1) is 24.1. The fourth-order valence-corrected chi connectivity index (χ4v) is 4.50. The van der Waals surface area contributed by atoms with Crippen molar-refractivity contribution in [3.8, 4) is 0 Å². The summed E-state index contributed by atoms with van der Waals surface area (Å²) in [5.74, 6) is -3.27. The third-order valence-electron chi connectivity index (χ3n) is 6.46. The Morgan fingerprint density at radius 3 is 2.74 bits per heavy atom. The van der Waals surface area contributed by atoms with Crippen molar-refractivity contribution in [3.63, 3.8) is 0 Å². The second kappa shape index (κ2) is 9.29. The lowest BCUT2D eigenvalue weighted by atomic mass is 9.95. The van der Waals surface area contributed by atoms with Crippen LogP contribution in [0.3, 0.4) is 0 Å². The normalized spacial score (nSPS) is 18.7. The Morgan fingerprint density at radius 2 is 2.15 bits per heavy atom. The molecule has 1 atom stereocenters. The second-order valence-corrected chi connectivity index (χ2v) is 8.82. The maximum atomic E-state index is 15.1. The summed E-state index contributed by atoms with van der Waals surface area (Å²) >= 11 is 0. The number of allylic oxidation sites excluding steroid dienone is 3. The molecule has 0 saturated carbocycles. The second-order valence-electron chi connectivity index (χ2n) is 8.82. The summed E-state index contributed by atoms with van der Waals surface area (Å²) in [6.45, 7) is 9.60. The predicted molar refractivity (Wildman–Crippen MR) is 125 cm³/mol. The summed E-state index contributed by atoms with van der Waals surface area (Å²) in [7, 11) is 0. The summed E-state index contributed by atoms with van der Waals surface area (Å²) < 4.78 is 50.2. The Bertz CT molecular complexity index is 1140. The number of amides is 1. The topological polar surface area (TPSA) is 59.4 Å². The summed E-state index contributed by atoms with van der Waals surface area (Å²) in [6, 6.07) is 4.39. The van der Waals surface area contributed by atoms with E-state index in [4.69, 9.17) is 9.84 Å². The maximum absolute atomic E-state index is 15.1. The lowest BCUT2D eigenvalue weighted by Crippen LogP contribution is -2.35. The van der Waals surface area contributed by atoms with Crippen LogP contribution in [0.5, 0.6) is 0 Å². The number of alkyl halides is 2. The number of ether oxygens (including phenoxy) is 1. The molecule has 1 fully saturated rings. The van der Waals surface area contributed by atoms with Gasteiger partial charge in [0.05, 0.1) is 24.9 Å². The van der Waals surface area contributed by atoms with Gasteiger partial charge in [0.2, 0.25) is 5.91 Å². The van der Waals surface area contributed by atoms with Gasteiger partial charge in [-0.3, -0.25) is 9.48 Å². The van der Waals surface area contributed by atoms with Crippen LogP contribution in [-0.2, 0) is 22.5 Å². The number of hydrogen-bond acceptors (Lipinski definition) is 4. The van der Waals surface area contributed by atoms with Gasteiger partial charge in [0.25, 0.3) is 5.92 Å². The molecule has 1 aromatic carbocycles. The van der Waals surface area contributed by atoms with Gasteiger partial charge in [-0.2, -0.15) is 5.10 Å². The molecule has 1 saturated heterocycles. The molecular weight excluding hydrogens is 445 g/mol. The highest BCUT2D eigenvalue weighted by atomic mass is 19.3. The van der Waals surface area contributed by atoms with E-state index >= 15 is 4.39 Å². The van der Waals surface area contributed by atoms with E-state index in [0.717, 1.165) is 24.6 Å². The zero-order chi connectivity index (χ0) is 24.6. The molecule has 0 radical (unpaired) electrons. The Morgan fingerprint density at radius 1 is 1.38 bits per heavy atom. The molecular formula is C25H29F3N4O2. The van der Waals surface area contributed by atoms with Crippen LogP contribution in [0.15, 0.2) is 36.4 Å². The number of benzene rings is 1. The minimum Gasteiger partial charge on any atom is -0.379 e. The number of nitrogens with one attached hydrogen (secondary N) is 1. The van der Waals surface area contributed by atoms with Crippen LogP contribution in [0.4, 0.5) is 24.7 Å². The van der Waals surface area contributed by atoms with Gasteiger partial charge in [-0.15, -0.1) is 0 Å². The van der Waals surface area contributed by atoms with E-state index < -0.39 is 11.7 Å². The first-order valence-corrected chi connectivity index (χ1v) is 11.3. The van der Waals surface area contributed by atoms with Crippen LogP contribution < -0.4 is 5.32 Å². The highest BCUT2D eigenvalue weighted by Gasteiger charge is 2.31. The molecule has 0 bridgehead atoms. The summed E-state index contributed by atoms with van der Waals surface area (Å²) in [5.41, 5.74) is 2.18. The fraction of sp³-hybridized carbons (Fsp3) is 0.440. The number of carbonyl (C=O) groups is 1. The number of hydrogen-bond donors (Lipinski definition) is 1. The summed E-state index contributed by atoms with van der Waals surface area (Å²) in [5, 5.41) is 7.81. The molecule has 1 aromatic heterocycles. The van der Waals surface area contributed by atoms with Gasteiger partial charge < -0.3 is 15.0 Å². The lowest BCUT2D eigenvalue weighted by molar-refractivity contribution is -0.129. The van der Waals surface area contributed by atoms with Crippen molar-refractivity contribution in [2.75, 3.05) is 25.1 Å². The highest BCUT2D eigenvalue weighted by molar-refractivity contribution is 5.81. The van der Waals surface area contributed by atoms with Gasteiger partial charge in [0, 0.05) is 50.3 Å². The monoisotopic (exact) mass is 474 g/mol. The van der Waals surface area contributed by atoms with E-state index in [-0.39, 0.29) is 28.8 Å². The van der Waals surface area contributed by atoms with Crippen molar-refractivity contribution >= 4 is 23.0 Å². The molecule has 9 heteroatoms. The molecule has 1 unspecified atom stereocenters. The molecule has 1 amide bonds. The molecule has 2 aliphatic rings. The molecule has 34 heavy (non-hydrogen) atoms. The standard InChI is InChI=1S/C25H29F3N4O2/c1-5-19(15(2)25(4,27)28)17-6-7-22(21(26)12-17)29-24-20-13-31(16(3)33)10-8-23(20)32(30-24)18-9-11-34-14-18/h5-7,12,18H,2,8-11,13-14H2,1,3-4H3,(H,29,30)/b19-5+. The number of halogens is 3. The largest absolute Gasteiger partial charge is 0.379 e. The number of fused-ring (bicyclic) bond motifs is 1. The average molecular weight is 475 g/mol. The fourth-order valence-electron chi connectivity index (χ4n) is 4.50. The maximum Gasteiger partial charge on any atom is 0.270 e.